The summed E-state index contributed by atoms with van der Waals surface area (Å²) >= 11 is 12.0. The first-order valence-electron chi connectivity index (χ1n) is 7.25. The van der Waals surface area contributed by atoms with Crippen LogP contribution in [0.5, 0.6) is 0 Å². The Labute approximate surface area is 152 Å². The highest BCUT2D eigenvalue weighted by Crippen LogP contribution is 2.30. The summed E-state index contributed by atoms with van der Waals surface area (Å²) in [7, 11) is 0. The van der Waals surface area contributed by atoms with Gasteiger partial charge >= 0.3 is 0 Å². The van der Waals surface area contributed by atoms with Crippen molar-refractivity contribution in [2.24, 2.45) is 0 Å². The zero-order valence-electron chi connectivity index (χ0n) is 13.1. The van der Waals surface area contributed by atoms with Crippen molar-refractivity contribution in [3.63, 3.8) is 0 Å². The van der Waals surface area contributed by atoms with Gasteiger partial charge in [0, 0.05) is 17.1 Å². The number of fused-ring (bicyclic) bond motifs is 1. The molecule has 0 bridgehead atoms. The highest BCUT2D eigenvalue weighted by Gasteiger charge is 2.16. The number of hydrogen-bond donors (Lipinski definition) is 3. The van der Waals surface area contributed by atoms with Crippen LogP contribution in [0.2, 0.25) is 10.0 Å². The quantitative estimate of drug-likeness (QED) is 0.648. The molecule has 0 aliphatic carbocycles. The third-order valence-electron chi connectivity index (χ3n) is 3.69. The summed E-state index contributed by atoms with van der Waals surface area (Å²) in [6.45, 7) is 1.45. The van der Waals surface area contributed by atoms with Crippen LogP contribution in [-0.4, -0.2) is 16.0 Å². The van der Waals surface area contributed by atoms with Gasteiger partial charge in [-0.15, -0.1) is 0 Å². The monoisotopic (exact) mass is 377 g/mol. The summed E-state index contributed by atoms with van der Waals surface area (Å²) in [6, 6.07) is 6.34. The molecule has 0 saturated carbocycles. The van der Waals surface area contributed by atoms with E-state index in [-0.39, 0.29) is 22.7 Å². The summed E-state index contributed by atoms with van der Waals surface area (Å²) in [6.07, 6.45) is 1.51. The standard InChI is InChI=1S/C17H13Cl2N3O3/c1-8-15-10(9(7-23)6-21-8)5-11(16(20)25-15)17(24)22-13-4-2-3-12(18)14(13)19/h2-6,20,23H,7H2,1H3,(H,22,24). The number of aliphatic hydroxyl groups excluding tert-OH is 1. The lowest BCUT2D eigenvalue weighted by Gasteiger charge is -2.10. The lowest BCUT2D eigenvalue weighted by Crippen LogP contribution is -2.21. The summed E-state index contributed by atoms with van der Waals surface area (Å²) in [4.78, 5) is 16.7. The van der Waals surface area contributed by atoms with Crippen LogP contribution < -0.4 is 10.9 Å². The number of aryl methyl sites for hydroxylation is 1. The van der Waals surface area contributed by atoms with Crippen LogP contribution in [0.3, 0.4) is 0 Å². The molecule has 2 heterocycles. The van der Waals surface area contributed by atoms with Crippen molar-refractivity contribution in [3.05, 3.63) is 62.9 Å². The van der Waals surface area contributed by atoms with Crippen LogP contribution in [-0.2, 0) is 6.61 Å². The molecule has 3 aromatic rings. The highest BCUT2D eigenvalue weighted by molar-refractivity contribution is 6.44. The number of carbonyl (C=O) groups excluding carboxylic acids is 1. The van der Waals surface area contributed by atoms with E-state index >= 15 is 0 Å². The number of amides is 1. The van der Waals surface area contributed by atoms with Gasteiger partial charge in [0.25, 0.3) is 5.91 Å². The Hall–Kier alpha value is -2.41. The maximum Gasteiger partial charge on any atom is 0.261 e. The number of nitrogens with zero attached hydrogens (tertiary/aromatic N) is 1. The molecule has 0 aliphatic rings. The van der Waals surface area contributed by atoms with E-state index in [1.807, 2.05) is 0 Å². The molecule has 0 saturated heterocycles. The van der Waals surface area contributed by atoms with E-state index in [1.165, 1.54) is 12.3 Å². The molecule has 3 rings (SSSR count). The van der Waals surface area contributed by atoms with Gasteiger partial charge < -0.3 is 14.8 Å². The molecule has 3 N–H and O–H groups in total. The van der Waals surface area contributed by atoms with E-state index in [0.29, 0.717) is 32.9 Å². The van der Waals surface area contributed by atoms with Gasteiger partial charge in [-0.25, -0.2) is 0 Å². The molecule has 0 radical (unpaired) electrons. The second-order valence-corrected chi connectivity index (χ2v) is 6.10. The lowest BCUT2D eigenvalue weighted by molar-refractivity contribution is 0.102. The number of aromatic nitrogens is 1. The number of benzene rings is 1. The third kappa shape index (κ3) is 3.24. The molecule has 25 heavy (non-hydrogen) atoms. The van der Waals surface area contributed by atoms with E-state index in [0.717, 1.165) is 0 Å². The minimum absolute atomic E-state index is 0.00356. The van der Waals surface area contributed by atoms with Crippen LogP contribution >= 0.6 is 23.2 Å². The van der Waals surface area contributed by atoms with E-state index in [1.54, 1.807) is 25.1 Å². The van der Waals surface area contributed by atoms with Crippen LogP contribution in [0.4, 0.5) is 5.69 Å². The topological polar surface area (TPSA) is 99.2 Å². The van der Waals surface area contributed by atoms with Crippen molar-refractivity contribution in [2.75, 3.05) is 5.32 Å². The van der Waals surface area contributed by atoms with Crippen LogP contribution in [0.25, 0.3) is 11.0 Å². The molecule has 8 heteroatoms. The second kappa shape index (κ2) is 6.84. The average Bonchev–Trinajstić information content (AvgIpc) is 2.59. The van der Waals surface area contributed by atoms with Gasteiger partial charge in [-0.3, -0.25) is 15.2 Å². The molecular weight excluding hydrogens is 365 g/mol. The van der Waals surface area contributed by atoms with Crippen molar-refractivity contribution in [1.82, 2.24) is 4.98 Å². The molecule has 0 unspecified atom stereocenters. The summed E-state index contributed by atoms with van der Waals surface area (Å²) in [5.41, 5.74) is 1.43. The molecule has 0 spiro atoms. The van der Waals surface area contributed by atoms with Crippen molar-refractivity contribution in [1.29, 1.82) is 5.41 Å². The molecule has 128 valence electrons. The van der Waals surface area contributed by atoms with Gasteiger partial charge in [-0.1, -0.05) is 29.3 Å². The Balaban J connectivity index is 2.09. The SMILES string of the molecule is Cc1ncc(CO)c2cc(C(=O)Nc3cccc(Cl)c3Cl)c(=N)oc12. The molecule has 0 atom stereocenters. The van der Waals surface area contributed by atoms with Crippen LogP contribution in [0.15, 0.2) is 34.9 Å². The Morgan fingerprint density at radius 3 is 2.88 bits per heavy atom. The molecular formula is C17H13Cl2N3O3. The Morgan fingerprint density at radius 2 is 2.16 bits per heavy atom. The van der Waals surface area contributed by atoms with Gasteiger partial charge in [0.2, 0.25) is 5.55 Å². The highest BCUT2D eigenvalue weighted by atomic mass is 35.5. The van der Waals surface area contributed by atoms with Gasteiger partial charge in [0.15, 0.2) is 5.58 Å². The van der Waals surface area contributed by atoms with E-state index < -0.39 is 5.91 Å². The second-order valence-electron chi connectivity index (χ2n) is 5.31. The first-order chi connectivity index (χ1) is 11.9. The first kappa shape index (κ1) is 17.4. The fraction of sp³-hybridized carbons (Fsp3) is 0.118. The van der Waals surface area contributed by atoms with Crippen molar-refractivity contribution in [3.8, 4) is 0 Å². The van der Waals surface area contributed by atoms with Crippen molar-refractivity contribution < 1.29 is 14.3 Å². The summed E-state index contributed by atoms with van der Waals surface area (Å²) in [5.74, 6) is -0.571. The van der Waals surface area contributed by atoms with E-state index in [2.05, 4.69) is 10.3 Å². The zero-order valence-corrected chi connectivity index (χ0v) is 14.6. The number of nitrogens with one attached hydrogen (secondary N) is 2. The fourth-order valence-electron chi connectivity index (χ4n) is 2.38. The normalized spacial score (nSPS) is 10.9. The van der Waals surface area contributed by atoms with Gasteiger partial charge in [0.1, 0.15) is 5.56 Å². The van der Waals surface area contributed by atoms with Gasteiger partial charge in [-0.05, 0) is 25.1 Å². The fourth-order valence-corrected chi connectivity index (χ4v) is 2.73. The van der Waals surface area contributed by atoms with E-state index in [9.17, 15) is 9.90 Å². The molecule has 0 fully saturated rings. The van der Waals surface area contributed by atoms with E-state index in [4.69, 9.17) is 33.0 Å². The summed E-state index contributed by atoms with van der Waals surface area (Å²) in [5, 5.41) is 21.1. The smallest absolute Gasteiger partial charge is 0.261 e. The number of halogens is 2. The largest absolute Gasteiger partial charge is 0.436 e. The van der Waals surface area contributed by atoms with Crippen molar-refractivity contribution in [2.45, 2.75) is 13.5 Å². The number of aliphatic hydroxyl groups is 1. The molecule has 2 aromatic heterocycles. The number of carbonyl (C=O) groups is 1. The lowest BCUT2D eigenvalue weighted by atomic mass is 10.1. The molecule has 1 aromatic carbocycles. The summed E-state index contributed by atoms with van der Waals surface area (Å²) < 4.78 is 5.45. The average molecular weight is 378 g/mol. The maximum atomic E-state index is 12.6. The minimum atomic E-state index is -0.571. The number of pyridine rings is 1. The maximum absolute atomic E-state index is 12.6. The zero-order chi connectivity index (χ0) is 18.1. The predicted octanol–water partition coefficient (Wildman–Crippen LogP) is 3.67. The van der Waals surface area contributed by atoms with Gasteiger partial charge in [-0.2, -0.15) is 0 Å². The number of anilines is 1. The Morgan fingerprint density at radius 1 is 1.40 bits per heavy atom. The van der Waals surface area contributed by atoms with Crippen LogP contribution in [0.1, 0.15) is 21.6 Å². The molecule has 1 amide bonds. The first-order valence-corrected chi connectivity index (χ1v) is 8.01. The number of hydrogen-bond acceptors (Lipinski definition) is 5. The van der Waals surface area contributed by atoms with Gasteiger partial charge in [0.05, 0.1) is 28.0 Å². The van der Waals surface area contributed by atoms with Crippen molar-refractivity contribution >= 4 is 45.8 Å². The minimum Gasteiger partial charge on any atom is -0.436 e. The van der Waals surface area contributed by atoms with Crippen LogP contribution in [0, 0.1) is 12.3 Å². The molecule has 0 aliphatic heterocycles. The Bertz CT molecular complexity index is 1050. The number of rotatable bonds is 3. The molecule has 6 nitrogen and oxygen atoms in total. The predicted molar refractivity (Wildman–Crippen MR) is 94.9 cm³/mol. The third-order valence-corrected chi connectivity index (χ3v) is 4.50. The Kier molecular flexibility index (Phi) is 4.76.